The number of nitrogens with zero attached hydrogens (tertiary/aromatic N) is 2. The number of aromatic amines is 1. The van der Waals surface area contributed by atoms with E-state index >= 15 is 0 Å². The minimum Gasteiger partial charge on any atom is -0.382 e. The van der Waals surface area contributed by atoms with Crippen LogP contribution in [0.1, 0.15) is 30.9 Å². The predicted octanol–water partition coefficient (Wildman–Crippen LogP) is 3.94. The third-order valence-electron chi connectivity index (χ3n) is 5.91. The number of aromatic nitrogens is 1. The van der Waals surface area contributed by atoms with Crippen molar-refractivity contribution in [2.24, 2.45) is 0 Å². The van der Waals surface area contributed by atoms with E-state index in [1.807, 2.05) is 6.07 Å². The molecule has 1 aromatic heterocycles. The maximum atomic E-state index is 13.4. The molecule has 1 aliphatic heterocycles. The van der Waals surface area contributed by atoms with E-state index < -0.39 is 9.84 Å². The lowest BCUT2D eigenvalue weighted by atomic mass is 10.0. The standard InChI is InChI=1S/C23H26N4O2S/c1-3-17-5-6-19(13-21(17)26-18-8-10-27(2)11-9-18)30(28,29)23-15-25-22-12-16(14-24)4-7-20(22)23/h4-7,12-13,15,18,25-26H,3,8-11H2,1-2H3. The van der Waals surface area contributed by atoms with Crippen LogP contribution < -0.4 is 5.32 Å². The first kappa shape index (κ1) is 20.5. The molecule has 7 heteroatoms. The van der Waals surface area contributed by atoms with Crippen molar-refractivity contribution < 1.29 is 8.42 Å². The van der Waals surface area contributed by atoms with Gasteiger partial charge in [0.15, 0.2) is 0 Å². The van der Waals surface area contributed by atoms with Crippen LogP contribution in [0, 0.1) is 11.3 Å². The van der Waals surface area contributed by atoms with Gasteiger partial charge in [0.2, 0.25) is 9.84 Å². The number of sulfone groups is 1. The van der Waals surface area contributed by atoms with Gasteiger partial charge in [-0.05, 0) is 69.2 Å². The summed E-state index contributed by atoms with van der Waals surface area (Å²) >= 11 is 0. The molecule has 0 radical (unpaired) electrons. The van der Waals surface area contributed by atoms with Crippen LogP contribution >= 0.6 is 0 Å². The molecule has 2 aromatic carbocycles. The molecule has 0 amide bonds. The second kappa shape index (κ2) is 8.13. The Morgan fingerprint density at radius 2 is 1.97 bits per heavy atom. The Morgan fingerprint density at radius 1 is 1.20 bits per heavy atom. The number of H-pyrrole nitrogens is 1. The number of rotatable bonds is 5. The number of fused-ring (bicyclic) bond motifs is 1. The van der Waals surface area contributed by atoms with Crippen molar-refractivity contribution in [3.63, 3.8) is 0 Å². The van der Waals surface area contributed by atoms with Gasteiger partial charge >= 0.3 is 0 Å². The first-order valence-electron chi connectivity index (χ1n) is 10.3. The molecule has 3 aromatic rings. The van der Waals surface area contributed by atoms with Crippen LogP contribution in [-0.4, -0.2) is 44.5 Å². The molecule has 0 saturated carbocycles. The van der Waals surface area contributed by atoms with Crippen molar-refractivity contribution >= 4 is 26.4 Å². The monoisotopic (exact) mass is 422 g/mol. The van der Waals surface area contributed by atoms with Crippen LogP contribution in [0.4, 0.5) is 5.69 Å². The van der Waals surface area contributed by atoms with Crippen LogP contribution in [0.3, 0.4) is 0 Å². The molecule has 0 bridgehead atoms. The van der Waals surface area contributed by atoms with Crippen molar-refractivity contribution in [1.29, 1.82) is 5.26 Å². The van der Waals surface area contributed by atoms with Gasteiger partial charge in [0.25, 0.3) is 0 Å². The van der Waals surface area contributed by atoms with E-state index in [9.17, 15) is 8.42 Å². The number of piperidine rings is 1. The zero-order valence-corrected chi connectivity index (χ0v) is 18.1. The number of benzene rings is 2. The van der Waals surface area contributed by atoms with Gasteiger partial charge in [0.1, 0.15) is 0 Å². The fraction of sp³-hybridized carbons (Fsp3) is 0.348. The summed E-state index contributed by atoms with van der Waals surface area (Å²) in [6, 6.07) is 12.8. The average Bonchev–Trinajstić information content (AvgIpc) is 3.19. The summed E-state index contributed by atoms with van der Waals surface area (Å²) in [5.74, 6) is 0. The van der Waals surface area contributed by atoms with Gasteiger partial charge in [-0.25, -0.2) is 8.42 Å². The summed E-state index contributed by atoms with van der Waals surface area (Å²) in [6.45, 7) is 4.16. The Kier molecular flexibility index (Phi) is 5.54. The predicted molar refractivity (Wildman–Crippen MR) is 118 cm³/mol. The third-order valence-corrected chi connectivity index (χ3v) is 7.70. The van der Waals surface area contributed by atoms with Crippen LogP contribution in [0.2, 0.25) is 0 Å². The van der Waals surface area contributed by atoms with E-state index in [0.717, 1.165) is 43.6 Å². The number of likely N-dealkylation sites (tertiary alicyclic amines) is 1. The van der Waals surface area contributed by atoms with Crippen molar-refractivity contribution in [3.8, 4) is 6.07 Å². The molecule has 0 spiro atoms. The fourth-order valence-electron chi connectivity index (χ4n) is 4.06. The quantitative estimate of drug-likeness (QED) is 0.650. The summed E-state index contributed by atoms with van der Waals surface area (Å²) in [5.41, 5.74) is 3.15. The van der Waals surface area contributed by atoms with E-state index in [1.54, 1.807) is 30.3 Å². The summed E-state index contributed by atoms with van der Waals surface area (Å²) in [7, 11) is -1.57. The largest absolute Gasteiger partial charge is 0.382 e. The Hall–Kier alpha value is -2.82. The van der Waals surface area contributed by atoms with E-state index in [2.05, 4.69) is 35.2 Å². The molecule has 30 heavy (non-hydrogen) atoms. The maximum Gasteiger partial charge on any atom is 0.208 e. The van der Waals surface area contributed by atoms with Gasteiger partial charge in [-0.1, -0.05) is 19.1 Å². The van der Waals surface area contributed by atoms with Gasteiger partial charge in [-0.3, -0.25) is 0 Å². The summed E-state index contributed by atoms with van der Waals surface area (Å²) in [5, 5.41) is 13.3. The molecular weight excluding hydrogens is 396 g/mol. The highest BCUT2D eigenvalue weighted by molar-refractivity contribution is 7.91. The highest BCUT2D eigenvalue weighted by atomic mass is 32.2. The molecule has 0 aliphatic carbocycles. The summed E-state index contributed by atoms with van der Waals surface area (Å²) in [6.07, 6.45) is 4.43. The molecule has 4 rings (SSSR count). The molecule has 6 nitrogen and oxygen atoms in total. The first-order valence-corrected chi connectivity index (χ1v) is 11.7. The lowest BCUT2D eigenvalue weighted by Gasteiger charge is -2.30. The zero-order valence-electron chi connectivity index (χ0n) is 17.3. The van der Waals surface area contributed by atoms with Crippen LogP contribution in [-0.2, 0) is 16.3 Å². The molecule has 2 heterocycles. The molecule has 0 atom stereocenters. The van der Waals surface area contributed by atoms with Gasteiger partial charge in [-0.2, -0.15) is 5.26 Å². The lowest BCUT2D eigenvalue weighted by molar-refractivity contribution is 0.264. The van der Waals surface area contributed by atoms with Gasteiger partial charge < -0.3 is 15.2 Å². The Morgan fingerprint density at radius 3 is 2.67 bits per heavy atom. The number of anilines is 1. The SMILES string of the molecule is CCc1ccc(S(=O)(=O)c2c[nH]c3cc(C#N)ccc23)cc1NC1CCN(C)CC1. The van der Waals surface area contributed by atoms with Crippen molar-refractivity contribution in [3.05, 3.63) is 53.7 Å². The molecule has 1 fully saturated rings. The molecule has 2 N–H and O–H groups in total. The van der Waals surface area contributed by atoms with E-state index in [-0.39, 0.29) is 9.79 Å². The number of hydrogen-bond acceptors (Lipinski definition) is 5. The summed E-state index contributed by atoms with van der Waals surface area (Å²) < 4.78 is 26.9. The average molecular weight is 423 g/mol. The number of hydrogen-bond donors (Lipinski definition) is 2. The van der Waals surface area contributed by atoms with Gasteiger partial charge in [-0.15, -0.1) is 0 Å². The Balaban J connectivity index is 1.70. The van der Waals surface area contributed by atoms with Crippen LogP contribution in [0.15, 0.2) is 52.4 Å². The summed E-state index contributed by atoms with van der Waals surface area (Å²) in [4.78, 5) is 5.82. The normalized spacial score (nSPS) is 15.9. The number of nitrogens with one attached hydrogen (secondary N) is 2. The second-order valence-corrected chi connectivity index (χ2v) is 9.84. The van der Waals surface area contributed by atoms with Gasteiger partial charge in [0.05, 0.1) is 21.4 Å². The third kappa shape index (κ3) is 3.81. The van der Waals surface area contributed by atoms with Crippen molar-refractivity contribution in [1.82, 2.24) is 9.88 Å². The number of nitriles is 1. The fourth-order valence-corrected chi connectivity index (χ4v) is 5.51. The van der Waals surface area contributed by atoms with E-state index in [4.69, 9.17) is 5.26 Å². The topological polar surface area (TPSA) is 89.0 Å². The molecular formula is C23H26N4O2S. The first-order chi connectivity index (χ1) is 14.4. The smallest absolute Gasteiger partial charge is 0.208 e. The van der Waals surface area contributed by atoms with Gasteiger partial charge in [0, 0.05) is 28.8 Å². The number of aryl methyl sites for hydroxylation is 1. The van der Waals surface area contributed by atoms with Crippen molar-refractivity contribution in [2.75, 3.05) is 25.5 Å². The van der Waals surface area contributed by atoms with E-state index in [0.29, 0.717) is 22.5 Å². The zero-order chi connectivity index (χ0) is 21.3. The highest BCUT2D eigenvalue weighted by Crippen LogP contribution is 2.32. The highest BCUT2D eigenvalue weighted by Gasteiger charge is 2.24. The lowest BCUT2D eigenvalue weighted by Crippen LogP contribution is -2.36. The van der Waals surface area contributed by atoms with Crippen LogP contribution in [0.5, 0.6) is 0 Å². The molecule has 156 valence electrons. The Bertz CT molecular complexity index is 1220. The minimum atomic E-state index is -3.70. The molecule has 1 aliphatic rings. The second-order valence-electron chi connectivity index (χ2n) is 7.92. The van der Waals surface area contributed by atoms with E-state index in [1.165, 1.54) is 6.20 Å². The molecule has 1 saturated heterocycles. The minimum absolute atomic E-state index is 0.233. The van der Waals surface area contributed by atoms with Crippen LogP contribution in [0.25, 0.3) is 10.9 Å². The van der Waals surface area contributed by atoms with Crippen molar-refractivity contribution in [2.45, 2.75) is 42.0 Å². The maximum absolute atomic E-state index is 13.4. The Labute approximate surface area is 177 Å². The molecule has 0 unspecified atom stereocenters.